The van der Waals surface area contributed by atoms with Crippen LogP contribution < -0.4 is 5.73 Å². The molecule has 0 fully saturated rings. The first-order valence-electron chi connectivity index (χ1n) is 4.99. The van der Waals surface area contributed by atoms with Gasteiger partial charge in [-0.3, -0.25) is 4.79 Å². The van der Waals surface area contributed by atoms with Crippen molar-refractivity contribution in [1.29, 1.82) is 5.26 Å². The first kappa shape index (κ1) is 9.78. The number of allylic oxidation sites excluding steroid dienone is 3. The van der Waals surface area contributed by atoms with Gasteiger partial charge in [0.25, 0.3) is 0 Å². The van der Waals surface area contributed by atoms with Gasteiger partial charge in [0.2, 0.25) is 5.88 Å². The lowest BCUT2D eigenvalue weighted by Gasteiger charge is -2.28. The zero-order chi connectivity index (χ0) is 11.0. The van der Waals surface area contributed by atoms with E-state index in [0.29, 0.717) is 23.3 Å². The van der Waals surface area contributed by atoms with Gasteiger partial charge in [0.05, 0.1) is 5.57 Å². The summed E-state index contributed by atoms with van der Waals surface area (Å²) in [7, 11) is 0. The highest BCUT2D eigenvalue weighted by molar-refractivity contribution is 5.98. The van der Waals surface area contributed by atoms with Crippen LogP contribution >= 0.6 is 0 Å². The lowest BCUT2D eigenvalue weighted by atomic mass is 9.83. The van der Waals surface area contributed by atoms with Crippen LogP contribution in [0.3, 0.4) is 0 Å². The van der Waals surface area contributed by atoms with Crippen LogP contribution in [0, 0.1) is 17.2 Å². The molecule has 4 heteroatoms. The third-order valence-electron chi connectivity index (χ3n) is 2.89. The molecule has 0 bridgehead atoms. The summed E-state index contributed by atoms with van der Waals surface area (Å²) >= 11 is 0. The fourth-order valence-corrected chi connectivity index (χ4v) is 2.12. The van der Waals surface area contributed by atoms with Crippen molar-refractivity contribution in [2.45, 2.75) is 26.2 Å². The lowest BCUT2D eigenvalue weighted by molar-refractivity contribution is -0.116. The average Bonchev–Trinajstić information content (AvgIpc) is 2.17. The molecule has 1 aliphatic carbocycles. The first-order chi connectivity index (χ1) is 7.15. The Balaban J connectivity index is 2.44. The van der Waals surface area contributed by atoms with Crippen LogP contribution in [-0.4, -0.2) is 5.78 Å². The largest absolute Gasteiger partial charge is 0.444 e. The van der Waals surface area contributed by atoms with E-state index in [0.717, 1.165) is 12.8 Å². The van der Waals surface area contributed by atoms with Crippen molar-refractivity contribution >= 4 is 5.78 Å². The van der Waals surface area contributed by atoms with E-state index in [4.69, 9.17) is 15.7 Å². The molecule has 0 aromatic rings. The van der Waals surface area contributed by atoms with Gasteiger partial charge in [0, 0.05) is 24.3 Å². The number of nitrogens with two attached hydrogens (primary N) is 1. The Hall–Kier alpha value is -1.76. The molecule has 0 aromatic carbocycles. The highest BCUT2D eigenvalue weighted by Gasteiger charge is 2.33. The van der Waals surface area contributed by atoms with E-state index >= 15 is 0 Å². The molecular weight excluding hydrogens is 192 g/mol. The standard InChI is InChI=1S/C11H12N2O2/c1-6-7(5-12)11(13)15-9-4-2-3-8(14)10(6)9/h6H,2-4,13H2,1H3/t6-/m0/s1. The molecule has 15 heavy (non-hydrogen) atoms. The third-order valence-corrected chi connectivity index (χ3v) is 2.89. The van der Waals surface area contributed by atoms with Gasteiger partial charge >= 0.3 is 0 Å². The van der Waals surface area contributed by atoms with Crippen molar-refractivity contribution in [1.82, 2.24) is 0 Å². The Morgan fingerprint density at radius 1 is 1.53 bits per heavy atom. The number of ether oxygens (including phenoxy) is 1. The fourth-order valence-electron chi connectivity index (χ4n) is 2.12. The highest BCUT2D eigenvalue weighted by atomic mass is 16.5. The Morgan fingerprint density at radius 3 is 2.93 bits per heavy atom. The van der Waals surface area contributed by atoms with Crippen LogP contribution in [0.1, 0.15) is 26.2 Å². The number of hydrogen-bond acceptors (Lipinski definition) is 4. The first-order valence-corrected chi connectivity index (χ1v) is 4.99. The smallest absolute Gasteiger partial charge is 0.204 e. The molecule has 4 nitrogen and oxygen atoms in total. The Kier molecular flexibility index (Phi) is 2.24. The van der Waals surface area contributed by atoms with Crippen molar-refractivity contribution in [3.8, 4) is 6.07 Å². The normalized spacial score (nSPS) is 25.9. The SMILES string of the molecule is C[C@H]1C(C#N)=C(N)OC2=C1C(=O)CCC2. The van der Waals surface area contributed by atoms with E-state index in [1.165, 1.54) is 0 Å². The molecule has 0 spiro atoms. The van der Waals surface area contributed by atoms with Crippen molar-refractivity contribution < 1.29 is 9.53 Å². The van der Waals surface area contributed by atoms with Gasteiger partial charge in [-0.25, -0.2) is 0 Å². The quantitative estimate of drug-likeness (QED) is 0.646. The molecule has 0 radical (unpaired) electrons. The van der Waals surface area contributed by atoms with Gasteiger partial charge in [0.1, 0.15) is 11.8 Å². The highest BCUT2D eigenvalue weighted by Crippen LogP contribution is 2.36. The molecule has 0 saturated carbocycles. The summed E-state index contributed by atoms with van der Waals surface area (Å²) in [5.41, 5.74) is 6.63. The van der Waals surface area contributed by atoms with E-state index in [2.05, 4.69) is 0 Å². The number of carbonyl (C=O) groups is 1. The molecule has 0 unspecified atom stereocenters. The van der Waals surface area contributed by atoms with Crippen LogP contribution in [0.5, 0.6) is 0 Å². The summed E-state index contributed by atoms with van der Waals surface area (Å²) in [4.78, 5) is 11.7. The number of nitriles is 1. The second kappa shape index (κ2) is 3.43. The van der Waals surface area contributed by atoms with Gasteiger partial charge in [-0.05, 0) is 6.42 Å². The van der Waals surface area contributed by atoms with E-state index in [1.54, 1.807) is 0 Å². The molecule has 0 aromatic heterocycles. The predicted octanol–water partition coefficient (Wildman–Crippen LogP) is 1.35. The van der Waals surface area contributed by atoms with Crippen molar-refractivity contribution in [3.05, 3.63) is 22.8 Å². The molecule has 0 saturated heterocycles. The fraction of sp³-hybridized carbons (Fsp3) is 0.455. The maximum atomic E-state index is 11.7. The van der Waals surface area contributed by atoms with E-state index in [-0.39, 0.29) is 17.6 Å². The van der Waals surface area contributed by atoms with Crippen molar-refractivity contribution in [2.24, 2.45) is 11.7 Å². The number of nitrogens with zero attached hydrogens (tertiary/aromatic N) is 1. The molecule has 0 amide bonds. The maximum Gasteiger partial charge on any atom is 0.204 e. The Bertz CT molecular complexity index is 426. The molecule has 2 aliphatic rings. The monoisotopic (exact) mass is 204 g/mol. The second-order valence-corrected chi connectivity index (χ2v) is 3.83. The minimum atomic E-state index is -0.216. The second-order valence-electron chi connectivity index (χ2n) is 3.83. The maximum absolute atomic E-state index is 11.7. The molecule has 2 N–H and O–H groups in total. The molecule has 2 rings (SSSR count). The summed E-state index contributed by atoms with van der Waals surface area (Å²) in [6.45, 7) is 1.83. The van der Waals surface area contributed by atoms with Crippen molar-refractivity contribution in [2.75, 3.05) is 0 Å². The van der Waals surface area contributed by atoms with Gasteiger partial charge in [-0.1, -0.05) is 6.92 Å². The van der Waals surface area contributed by atoms with Crippen molar-refractivity contribution in [3.63, 3.8) is 0 Å². The van der Waals surface area contributed by atoms with Gasteiger partial charge < -0.3 is 10.5 Å². The zero-order valence-electron chi connectivity index (χ0n) is 8.54. The zero-order valence-corrected chi connectivity index (χ0v) is 8.54. The summed E-state index contributed by atoms with van der Waals surface area (Å²) < 4.78 is 5.33. The Morgan fingerprint density at radius 2 is 2.27 bits per heavy atom. The average molecular weight is 204 g/mol. The van der Waals surface area contributed by atoms with E-state index in [1.807, 2.05) is 13.0 Å². The van der Waals surface area contributed by atoms with Gasteiger partial charge in [-0.2, -0.15) is 5.26 Å². The van der Waals surface area contributed by atoms with Gasteiger partial charge in [0.15, 0.2) is 5.78 Å². The number of rotatable bonds is 0. The minimum Gasteiger partial charge on any atom is -0.444 e. The summed E-state index contributed by atoms with van der Waals surface area (Å²) in [5.74, 6) is 0.684. The lowest BCUT2D eigenvalue weighted by Crippen LogP contribution is -2.26. The molecule has 78 valence electrons. The molecular formula is C11H12N2O2. The van der Waals surface area contributed by atoms with Crippen LogP contribution in [0.4, 0.5) is 0 Å². The number of carbonyl (C=O) groups excluding carboxylic acids is 1. The van der Waals surface area contributed by atoms with Crippen LogP contribution in [0.15, 0.2) is 22.8 Å². The Labute approximate surface area is 88.0 Å². The van der Waals surface area contributed by atoms with Crippen LogP contribution in [0.25, 0.3) is 0 Å². The predicted molar refractivity (Wildman–Crippen MR) is 53.0 cm³/mol. The number of hydrogen-bond donors (Lipinski definition) is 1. The van der Waals surface area contributed by atoms with E-state index in [9.17, 15) is 4.79 Å². The van der Waals surface area contributed by atoms with E-state index < -0.39 is 0 Å². The summed E-state index contributed by atoms with van der Waals surface area (Å²) in [6, 6.07) is 2.00. The molecule has 1 atom stereocenters. The summed E-state index contributed by atoms with van der Waals surface area (Å²) in [5, 5.41) is 8.91. The van der Waals surface area contributed by atoms with Gasteiger partial charge in [-0.15, -0.1) is 0 Å². The number of ketones is 1. The molecule has 1 heterocycles. The van der Waals surface area contributed by atoms with Crippen LogP contribution in [-0.2, 0) is 9.53 Å². The molecule has 1 aliphatic heterocycles. The van der Waals surface area contributed by atoms with Crippen LogP contribution in [0.2, 0.25) is 0 Å². The summed E-state index contributed by atoms with van der Waals surface area (Å²) in [6.07, 6.45) is 2.09. The number of Topliss-reactive ketones (excluding diaryl/α,β-unsaturated/α-hetero) is 1. The minimum absolute atomic E-state index is 0.0870. The third kappa shape index (κ3) is 1.40. The topological polar surface area (TPSA) is 76.1 Å².